The fourth-order valence-corrected chi connectivity index (χ4v) is 1.71. The maximum atomic E-state index is 12.8. The number of alkyl halides is 2. The number of ether oxygens (including phenoxy) is 1. The number of carbonyl (C=O) groups excluding carboxylic acids is 2. The first-order valence-electron chi connectivity index (χ1n) is 6.37. The second-order valence-electron chi connectivity index (χ2n) is 4.29. The van der Waals surface area contributed by atoms with Crippen LogP contribution in [0.15, 0.2) is 48.5 Å². The number of halogens is 3. The zero-order chi connectivity index (χ0) is 16.8. The Morgan fingerprint density at radius 1 is 0.913 bits per heavy atom. The van der Waals surface area contributed by atoms with E-state index in [1.807, 2.05) is 0 Å². The molecule has 2 rings (SSSR count). The van der Waals surface area contributed by atoms with Gasteiger partial charge in [0.25, 0.3) is 11.8 Å². The summed E-state index contributed by atoms with van der Waals surface area (Å²) in [5.41, 5.74) is 4.10. The molecule has 5 nitrogen and oxygen atoms in total. The Morgan fingerprint density at radius 2 is 1.52 bits per heavy atom. The van der Waals surface area contributed by atoms with Crippen LogP contribution in [0.4, 0.5) is 13.2 Å². The van der Waals surface area contributed by atoms with E-state index in [0.717, 1.165) is 12.1 Å². The molecule has 120 valence electrons. The Labute approximate surface area is 129 Å². The van der Waals surface area contributed by atoms with Crippen molar-refractivity contribution in [3.05, 3.63) is 65.5 Å². The molecule has 8 heteroatoms. The van der Waals surface area contributed by atoms with Crippen LogP contribution in [0.2, 0.25) is 0 Å². The fourth-order valence-electron chi connectivity index (χ4n) is 1.71. The molecule has 2 aromatic rings. The van der Waals surface area contributed by atoms with Crippen LogP contribution in [0, 0.1) is 5.82 Å². The lowest BCUT2D eigenvalue weighted by molar-refractivity contribution is -0.0501. The number of nitrogens with one attached hydrogen (secondary N) is 2. The van der Waals surface area contributed by atoms with E-state index in [1.54, 1.807) is 0 Å². The number of hydrazine groups is 1. The van der Waals surface area contributed by atoms with E-state index in [0.29, 0.717) is 0 Å². The van der Waals surface area contributed by atoms with E-state index in [4.69, 9.17) is 0 Å². The molecule has 0 aromatic heterocycles. The van der Waals surface area contributed by atoms with Gasteiger partial charge >= 0.3 is 6.61 Å². The molecule has 0 saturated heterocycles. The normalized spacial score (nSPS) is 10.3. The first kappa shape index (κ1) is 16.3. The number of hydrogen-bond acceptors (Lipinski definition) is 3. The first-order valence-corrected chi connectivity index (χ1v) is 6.37. The number of hydrogen-bond donors (Lipinski definition) is 2. The van der Waals surface area contributed by atoms with Gasteiger partial charge in [0, 0.05) is 5.56 Å². The third kappa shape index (κ3) is 4.47. The smallest absolute Gasteiger partial charge is 0.387 e. The summed E-state index contributed by atoms with van der Waals surface area (Å²) in [5.74, 6) is -2.36. The number of carbonyl (C=O) groups is 2. The van der Waals surface area contributed by atoms with Gasteiger partial charge in [-0.15, -0.1) is 0 Å². The van der Waals surface area contributed by atoms with Crippen molar-refractivity contribution in [2.45, 2.75) is 6.61 Å². The zero-order valence-corrected chi connectivity index (χ0v) is 11.6. The summed E-state index contributed by atoms with van der Waals surface area (Å²) >= 11 is 0. The van der Waals surface area contributed by atoms with Gasteiger partial charge in [-0.05, 0) is 36.4 Å². The van der Waals surface area contributed by atoms with Gasteiger partial charge in [0.1, 0.15) is 11.6 Å². The quantitative estimate of drug-likeness (QED) is 0.849. The van der Waals surface area contributed by atoms with E-state index >= 15 is 0 Å². The van der Waals surface area contributed by atoms with Crippen LogP contribution < -0.4 is 15.6 Å². The van der Waals surface area contributed by atoms with E-state index in [2.05, 4.69) is 15.6 Å². The minimum absolute atomic E-state index is 0.115. The predicted octanol–water partition coefficient (Wildman–Crippen LogP) is 2.50. The Balaban J connectivity index is 2.02. The molecule has 0 atom stereocenters. The molecular weight excluding hydrogens is 313 g/mol. The summed E-state index contributed by atoms with van der Waals surface area (Å²) in [6, 6.07) is 9.96. The summed E-state index contributed by atoms with van der Waals surface area (Å²) in [6.07, 6.45) is 0. The molecule has 2 amide bonds. The maximum absolute atomic E-state index is 12.8. The number of amides is 2. The Bertz CT molecular complexity index is 705. The summed E-state index contributed by atoms with van der Waals surface area (Å²) in [7, 11) is 0. The number of rotatable bonds is 4. The standard InChI is InChI=1S/C15H11F3N2O3/c16-10-7-5-9(6-8-10)13(21)19-20-14(22)11-3-1-2-4-12(11)23-15(17)18/h1-8,15H,(H,19,21)(H,20,22). The molecule has 0 saturated carbocycles. The summed E-state index contributed by atoms with van der Waals surface area (Å²) < 4.78 is 41.5. The molecule has 0 heterocycles. The van der Waals surface area contributed by atoms with Gasteiger partial charge in [-0.3, -0.25) is 20.4 Å². The van der Waals surface area contributed by atoms with Crippen molar-refractivity contribution in [3.63, 3.8) is 0 Å². The van der Waals surface area contributed by atoms with Crippen molar-refractivity contribution >= 4 is 11.8 Å². The van der Waals surface area contributed by atoms with Gasteiger partial charge in [-0.2, -0.15) is 8.78 Å². The van der Waals surface area contributed by atoms with Crippen molar-refractivity contribution in [1.82, 2.24) is 10.9 Å². The van der Waals surface area contributed by atoms with Crippen molar-refractivity contribution in [2.75, 3.05) is 0 Å². The zero-order valence-electron chi connectivity index (χ0n) is 11.6. The molecule has 0 aliphatic rings. The van der Waals surface area contributed by atoms with Gasteiger partial charge in [0.15, 0.2) is 0 Å². The number of benzene rings is 2. The monoisotopic (exact) mass is 324 g/mol. The SMILES string of the molecule is O=C(NNC(=O)c1ccccc1OC(F)F)c1ccc(F)cc1. The van der Waals surface area contributed by atoms with Crippen molar-refractivity contribution in [2.24, 2.45) is 0 Å². The van der Waals surface area contributed by atoms with Crippen LogP contribution in [0.1, 0.15) is 20.7 Å². The lowest BCUT2D eigenvalue weighted by atomic mass is 10.2. The molecule has 0 spiro atoms. The summed E-state index contributed by atoms with van der Waals surface area (Å²) in [6.45, 7) is -3.09. The highest BCUT2D eigenvalue weighted by Crippen LogP contribution is 2.19. The molecule has 2 N–H and O–H groups in total. The molecule has 2 aromatic carbocycles. The average molecular weight is 324 g/mol. The third-order valence-electron chi connectivity index (χ3n) is 2.74. The van der Waals surface area contributed by atoms with Crippen LogP contribution in [0.5, 0.6) is 5.75 Å². The third-order valence-corrected chi connectivity index (χ3v) is 2.74. The van der Waals surface area contributed by atoms with Gasteiger partial charge < -0.3 is 4.74 Å². The highest BCUT2D eigenvalue weighted by Gasteiger charge is 2.16. The van der Waals surface area contributed by atoms with Crippen LogP contribution in [0.3, 0.4) is 0 Å². The lowest BCUT2D eigenvalue weighted by Crippen LogP contribution is -2.41. The van der Waals surface area contributed by atoms with Gasteiger partial charge in [0.2, 0.25) is 0 Å². The van der Waals surface area contributed by atoms with E-state index in [-0.39, 0.29) is 16.9 Å². The Morgan fingerprint density at radius 3 is 2.17 bits per heavy atom. The second-order valence-corrected chi connectivity index (χ2v) is 4.29. The largest absolute Gasteiger partial charge is 0.434 e. The predicted molar refractivity (Wildman–Crippen MR) is 74.4 cm³/mol. The molecule has 0 aliphatic carbocycles. The molecule has 0 bridgehead atoms. The van der Waals surface area contributed by atoms with Crippen LogP contribution in [0.25, 0.3) is 0 Å². The molecule has 0 fully saturated rings. The second kappa shape index (κ2) is 7.30. The summed E-state index contributed by atoms with van der Waals surface area (Å²) in [5, 5.41) is 0. The van der Waals surface area contributed by atoms with Crippen molar-refractivity contribution in [1.29, 1.82) is 0 Å². The fraction of sp³-hybridized carbons (Fsp3) is 0.0667. The minimum atomic E-state index is -3.09. The minimum Gasteiger partial charge on any atom is -0.434 e. The van der Waals surface area contributed by atoms with Crippen LogP contribution in [-0.2, 0) is 0 Å². The molecular formula is C15H11F3N2O3. The number of para-hydroxylation sites is 1. The van der Waals surface area contributed by atoms with E-state index in [1.165, 1.54) is 36.4 Å². The highest BCUT2D eigenvalue weighted by atomic mass is 19.3. The maximum Gasteiger partial charge on any atom is 0.387 e. The van der Waals surface area contributed by atoms with Crippen LogP contribution in [-0.4, -0.2) is 18.4 Å². The summed E-state index contributed by atoms with van der Waals surface area (Å²) in [4.78, 5) is 23.7. The molecule has 0 radical (unpaired) electrons. The molecule has 0 aliphatic heterocycles. The van der Waals surface area contributed by atoms with Gasteiger partial charge in [0.05, 0.1) is 5.56 Å². The topological polar surface area (TPSA) is 67.4 Å². The molecule has 0 unspecified atom stereocenters. The van der Waals surface area contributed by atoms with Crippen LogP contribution >= 0.6 is 0 Å². The van der Waals surface area contributed by atoms with E-state index in [9.17, 15) is 22.8 Å². The Kier molecular flexibility index (Phi) is 5.19. The van der Waals surface area contributed by atoms with Gasteiger partial charge in [-0.1, -0.05) is 12.1 Å². The average Bonchev–Trinajstić information content (AvgIpc) is 2.53. The molecule has 23 heavy (non-hydrogen) atoms. The van der Waals surface area contributed by atoms with E-state index < -0.39 is 24.2 Å². The lowest BCUT2D eigenvalue weighted by Gasteiger charge is -2.11. The van der Waals surface area contributed by atoms with Gasteiger partial charge in [-0.25, -0.2) is 4.39 Å². The van der Waals surface area contributed by atoms with Crippen molar-refractivity contribution < 1.29 is 27.5 Å². The highest BCUT2D eigenvalue weighted by molar-refractivity contribution is 6.00. The van der Waals surface area contributed by atoms with Crippen molar-refractivity contribution in [3.8, 4) is 5.75 Å². The first-order chi connectivity index (χ1) is 11.0. The Hall–Kier alpha value is -3.03.